The fraction of sp³-hybridized carbons (Fsp3) is 0.176. The van der Waals surface area contributed by atoms with Crippen LogP contribution in [0.5, 0.6) is 0 Å². The Balaban J connectivity index is 1.96. The minimum Gasteiger partial charge on any atom is -0.453 e. The Morgan fingerprint density at radius 1 is 1.22 bits per heavy atom. The number of methoxy groups -OCH3 is 1. The van der Waals surface area contributed by atoms with E-state index in [1.807, 2.05) is 36.4 Å². The summed E-state index contributed by atoms with van der Waals surface area (Å²) in [6, 6.07) is 13.4. The van der Waals surface area contributed by atoms with Crippen molar-refractivity contribution < 1.29 is 20.5 Å². The molecular formula is C17H16N2O4. The van der Waals surface area contributed by atoms with Crippen molar-refractivity contribution in [3.05, 3.63) is 53.6 Å². The maximum Gasteiger partial charge on any atom is 0.411 e. The van der Waals surface area contributed by atoms with E-state index in [0.29, 0.717) is 5.69 Å². The van der Waals surface area contributed by atoms with Gasteiger partial charge in [0.1, 0.15) is 6.61 Å². The van der Waals surface area contributed by atoms with E-state index in [1.54, 1.807) is 11.8 Å². The number of nitrogens with one attached hydrogen (secondary N) is 1. The highest BCUT2D eigenvalue weighted by molar-refractivity contribution is 5.87. The van der Waals surface area contributed by atoms with Crippen LogP contribution in [-0.4, -0.2) is 25.9 Å². The highest BCUT2D eigenvalue weighted by Gasteiger charge is 2.29. The van der Waals surface area contributed by atoms with Crippen molar-refractivity contribution in [3.8, 4) is 11.1 Å². The number of ether oxygens (including phenoxy) is 2. The van der Waals surface area contributed by atoms with Crippen LogP contribution < -0.4 is 11.0 Å². The molecule has 2 amide bonds. The lowest BCUT2D eigenvalue weighted by atomic mass is 9.97. The Morgan fingerprint density at radius 3 is 2.78 bits per heavy atom. The standard InChI is InChI=1S/C17H16N2O4/c1-22-17(21)19-10-6-7-13-11-4-2-3-5-12(11)15(14(13)8-10)9-23-16(18)20/h2-8,15H,9H2,1H3,(H2,18,20)(H,19,21)/i/hD. The number of benzene rings is 2. The normalized spacial score (nSPS) is 15.0. The van der Waals surface area contributed by atoms with Crippen LogP contribution in [-0.2, 0) is 9.47 Å². The van der Waals surface area contributed by atoms with E-state index in [-0.39, 0.29) is 12.5 Å². The number of carbonyl (C=O) groups is 2. The molecule has 2 aromatic carbocycles. The third-order valence-corrected chi connectivity index (χ3v) is 3.87. The van der Waals surface area contributed by atoms with Crippen molar-refractivity contribution >= 4 is 17.9 Å². The molecule has 1 atom stereocenters. The molecule has 3 rings (SSSR count). The number of nitrogens with two attached hydrogens (primary N) is 1. The van der Waals surface area contributed by atoms with Gasteiger partial charge in [0, 0.05) is 11.6 Å². The number of rotatable bonds is 3. The minimum atomic E-state index is -0.801. The third kappa shape index (κ3) is 2.83. The molecule has 0 aliphatic heterocycles. The van der Waals surface area contributed by atoms with Crippen molar-refractivity contribution in [1.29, 1.82) is 0 Å². The summed E-state index contributed by atoms with van der Waals surface area (Å²) in [6.45, 7) is 0.108. The maximum absolute atomic E-state index is 11.4. The van der Waals surface area contributed by atoms with Crippen molar-refractivity contribution in [2.75, 3.05) is 19.0 Å². The number of hydrogen-bond donors (Lipinski definition) is 2. The molecule has 118 valence electrons. The number of primary amides is 1. The molecule has 0 radical (unpaired) electrons. The average molecular weight is 313 g/mol. The van der Waals surface area contributed by atoms with Gasteiger partial charge in [0.15, 0.2) is 1.41 Å². The lowest BCUT2D eigenvalue weighted by molar-refractivity contribution is 0.153. The Labute approximate surface area is 134 Å². The summed E-state index contributed by atoms with van der Waals surface area (Å²) < 4.78 is 16.5. The summed E-state index contributed by atoms with van der Waals surface area (Å²) in [6.07, 6.45) is -1.35. The summed E-state index contributed by atoms with van der Waals surface area (Å²) in [5.74, 6) is -0.159. The predicted molar refractivity (Wildman–Crippen MR) is 85.3 cm³/mol. The monoisotopic (exact) mass is 313 g/mol. The number of fused-ring (bicyclic) bond motifs is 3. The van der Waals surface area contributed by atoms with E-state index in [1.165, 1.54) is 7.11 Å². The SMILES string of the molecule is [2H]NC(=O)OCC1c2ccccc2-c2ccc(NC(=O)OC)cc21. The molecule has 0 bridgehead atoms. The summed E-state index contributed by atoms with van der Waals surface area (Å²) in [5.41, 5.74) is 6.38. The average Bonchev–Trinajstić information content (AvgIpc) is 2.92. The van der Waals surface area contributed by atoms with Gasteiger partial charge < -0.3 is 15.2 Å². The molecule has 0 aromatic heterocycles. The van der Waals surface area contributed by atoms with E-state index < -0.39 is 12.2 Å². The zero-order chi connectivity index (χ0) is 17.1. The van der Waals surface area contributed by atoms with Crippen LogP contribution >= 0.6 is 0 Å². The van der Waals surface area contributed by atoms with Crippen LogP contribution in [0.4, 0.5) is 15.3 Å². The highest BCUT2D eigenvalue weighted by Crippen LogP contribution is 2.45. The molecule has 23 heavy (non-hydrogen) atoms. The quantitative estimate of drug-likeness (QED) is 0.911. The number of carbonyl (C=O) groups excluding carboxylic acids is 2. The van der Waals surface area contributed by atoms with Crippen LogP contribution in [0.2, 0.25) is 1.41 Å². The molecule has 0 spiro atoms. The van der Waals surface area contributed by atoms with E-state index in [4.69, 9.17) is 6.15 Å². The number of hydrogen-bond acceptors (Lipinski definition) is 4. The minimum absolute atomic E-state index is 0.108. The molecule has 1 aliphatic carbocycles. The summed E-state index contributed by atoms with van der Waals surface area (Å²) in [5, 5.41) is 2.63. The van der Waals surface area contributed by atoms with Crippen LogP contribution in [0.15, 0.2) is 42.5 Å². The van der Waals surface area contributed by atoms with Crippen molar-refractivity contribution in [2.45, 2.75) is 5.92 Å². The molecule has 2 aromatic rings. The fourth-order valence-electron chi connectivity index (χ4n) is 2.90. The fourth-order valence-corrected chi connectivity index (χ4v) is 2.90. The van der Waals surface area contributed by atoms with E-state index >= 15 is 0 Å². The van der Waals surface area contributed by atoms with Gasteiger partial charge in [-0.25, -0.2) is 9.59 Å². The second-order valence-corrected chi connectivity index (χ2v) is 5.16. The molecule has 1 unspecified atom stereocenters. The van der Waals surface area contributed by atoms with Crippen LogP contribution in [0.1, 0.15) is 17.0 Å². The number of anilines is 1. The van der Waals surface area contributed by atoms with Gasteiger partial charge >= 0.3 is 12.2 Å². The summed E-state index contributed by atoms with van der Waals surface area (Å²) in [7, 11) is 1.30. The first-order valence-electron chi connectivity index (χ1n) is 7.56. The summed E-state index contributed by atoms with van der Waals surface area (Å²) >= 11 is 0. The Morgan fingerprint density at radius 2 is 2.00 bits per heavy atom. The van der Waals surface area contributed by atoms with E-state index in [2.05, 4.69) is 10.1 Å². The first-order chi connectivity index (χ1) is 11.6. The first kappa shape index (κ1) is 13.6. The van der Waals surface area contributed by atoms with Gasteiger partial charge in [-0.1, -0.05) is 30.3 Å². The molecule has 0 saturated heterocycles. The molecule has 6 nitrogen and oxygen atoms in total. The Hall–Kier alpha value is -3.02. The molecule has 0 heterocycles. The molecule has 6 heteroatoms. The van der Waals surface area contributed by atoms with Crippen LogP contribution in [0.3, 0.4) is 0 Å². The Kier molecular flexibility index (Phi) is 3.56. The smallest absolute Gasteiger partial charge is 0.411 e. The van der Waals surface area contributed by atoms with E-state index in [0.717, 1.165) is 22.3 Å². The summed E-state index contributed by atoms with van der Waals surface area (Å²) in [4.78, 5) is 22.7. The molecular weight excluding hydrogens is 296 g/mol. The second kappa shape index (κ2) is 6.00. The maximum atomic E-state index is 11.4. The lowest BCUT2D eigenvalue weighted by Crippen LogP contribution is -2.17. The predicted octanol–water partition coefficient (Wildman–Crippen LogP) is 3.07. The topological polar surface area (TPSA) is 90.7 Å². The van der Waals surface area contributed by atoms with Gasteiger partial charge in [-0.15, -0.1) is 0 Å². The van der Waals surface area contributed by atoms with Gasteiger partial charge in [0.25, 0.3) is 0 Å². The second-order valence-electron chi connectivity index (χ2n) is 5.16. The largest absolute Gasteiger partial charge is 0.453 e. The van der Waals surface area contributed by atoms with Crippen LogP contribution in [0, 0.1) is 0 Å². The molecule has 0 fully saturated rings. The van der Waals surface area contributed by atoms with Gasteiger partial charge in [-0.3, -0.25) is 5.32 Å². The highest BCUT2D eigenvalue weighted by atomic mass is 16.5. The van der Waals surface area contributed by atoms with Crippen molar-refractivity contribution in [3.63, 3.8) is 0 Å². The molecule has 0 saturated carbocycles. The van der Waals surface area contributed by atoms with Crippen molar-refractivity contribution in [2.24, 2.45) is 5.73 Å². The van der Waals surface area contributed by atoms with Gasteiger partial charge in [-0.2, -0.15) is 0 Å². The van der Waals surface area contributed by atoms with E-state index in [9.17, 15) is 9.59 Å². The molecule has 1 aliphatic rings. The molecule has 3 N–H and O–H groups in total. The zero-order valence-electron chi connectivity index (χ0n) is 13.5. The number of amides is 2. The van der Waals surface area contributed by atoms with Gasteiger partial charge in [0.05, 0.1) is 7.11 Å². The zero-order valence-corrected chi connectivity index (χ0v) is 12.5. The first-order valence-corrected chi connectivity index (χ1v) is 7.06. The Bertz CT molecular complexity index is 794. The van der Waals surface area contributed by atoms with Gasteiger partial charge in [0.2, 0.25) is 0 Å². The lowest BCUT2D eigenvalue weighted by Gasteiger charge is -2.14. The third-order valence-electron chi connectivity index (χ3n) is 3.87. The van der Waals surface area contributed by atoms with Crippen molar-refractivity contribution in [1.82, 2.24) is 0 Å². The van der Waals surface area contributed by atoms with Gasteiger partial charge in [-0.05, 0) is 34.4 Å². The van der Waals surface area contributed by atoms with Crippen LogP contribution in [0.25, 0.3) is 11.1 Å².